The number of aromatic nitrogens is 2. The molecule has 0 saturated carbocycles. The van der Waals surface area contributed by atoms with E-state index in [1.54, 1.807) is 17.1 Å². The summed E-state index contributed by atoms with van der Waals surface area (Å²) in [5.74, 6) is -0.0246. The van der Waals surface area contributed by atoms with Crippen LogP contribution in [0, 0.1) is 0 Å². The van der Waals surface area contributed by atoms with Crippen LogP contribution in [0.4, 0.5) is 0 Å². The van der Waals surface area contributed by atoms with E-state index < -0.39 is 0 Å². The second-order valence-electron chi connectivity index (χ2n) is 4.54. The van der Waals surface area contributed by atoms with Crippen molar-refractivity contribution in [1.82, 2.24) is 14.9 Å². The lowest BCUT2D eigenvalue weighted by molar-refractivity contribution is -0.123. The molecule has 1 heterocycles. The molecule has 15 heavy (non-hydrogen) atoms. The van der Waals surface area contributed by atoms with Crippen molar-refractivity contribution in [2.24, 2.45) is 5.73 Å². The Bertz CT molecular complexity index is 337. The summed E-state index contributed by atoms with van der Waals surface area (Å²) in [5.41, 5.74) is 6.01. The van der Waals surface area contributed by atoms with Gasteiger partial charge in [-0.25, -0.2) is 4.98 Å². The summed E-state index contributed by atoms with van der Waals surface area (Å²) >= 11 is 0. The smallest absolute Gasteiger partial charge is 0.240 e. The van der Waals surface area contributed by atoms with E-state index in [1.165, 1.54) is 0 Å². The van der Waals surface area contributed by atoms with E-state index >= 15 is 0 Å². The molecule has 0 aromatic carbocycles. The van der Waals surface area contributed by atoms with Gasteiger partial charge in [0.2, 0.25) is 5.91 Å². The number of carbonyl (C=O) groups is 1. The zero-order valence-corrected chi connectivity index (χ0v) is 9.45. The molecular weight excluding hydrogens is 192 g/mol. The van der Waals surface area contributed by atoms with Gasteiger partial charge in [-0.1, -0.05) is 0 Å². The van der Waals surface area contributed by atoms with Gasteiger partial charge in [0.25, 0.3) is 0 Å². The fourth-order valence-corrected chi connectivity index (χ4v) is 1.22. The Hall–Kier alpha value is -1.36. The molecular formula is C10H18N4O. The van der Waals surface area contributed by atoms with Crippen LogP contribution in [0.25, 0.3) is 0 Å². The van der Waals surface area contributed by atoms with Crippen LogP contribution >= 0.6 is 0 Å². The van der Waals surface area contributed by atoms with Crippen molar-refractivity contribution < 1.29 is 4.79 Å². The predicted molar refractivity (Wildman–Crippen MR) is 58.0 cm³/mol. The van der Waals surface area contributed by atoms with Gasteiger partial charge in [0.1, 0.15) is 6.54 Å². The lowest BCUT2D eigenvalue weighted by Gasteiger charge is -2.20. The van der Waals surface area contributed by atoms with Crippen molar-refractivity contribution in [1.29, 1.82) is 0 Å². The highest BCUT2D eigenvalue weighted by Gasteiger charge is 2.13. The van der Waals surface area contributed by atoms with Gasteiger partial charge in [-0.15, -0.1) is 0 Å². The monoisotopic (exact) mass is 210 g/mol. The summed E-state index contributed by atoms with van der Waals surface area (Å²) in [7, 11) is 0. The van der Waals surface area contributed by atoms with Gasteiger partial charge in [0.05, 0.1) is 12.0 Å². The topological polar surface area (TPSA) is 72.9 Å². The Morgan fingerprint density at radius 1 is 1.60 bits per heavy atom. The molecule has 0 unspecified atom stereocenters. The third-order valence-electron chi connectivity index (χ3n) is 1.74. The Labute approximate surface area is 89.7 Å². The molecule has 1 amide bonds. The van der Waals surface area contributed by atoms with E-state index in [-0.39, 0.29) is 18.0 Å². The van der Waals surface area contributed by atoms with Crippen LogP contribution in [-0.2, 0) is 17.9 Å². The lowest BCUT2D eigenvalue weighted by atomic mass is 10.1. The quantitative estimate of drug-likeness (QED) is 0.751. The first-order valence-electron chi connectivity index (χ1n) is 4.92. The van der Waals surface area contributed by atoms with E-state index in [2.05, 4.69) is 10.3 Å². The maximum atomic E-state index is 11.5. The number of hydrogen-bond donors (Lipinski definition) is 2. The minimum atomic E-state index is -0.200. The fraction of sp³-hybridized carbons (Fsp3) is 0.600. The number of nitrogens with zero attached hydrogens (tertiary/aromatic N) is 2. The van der Waals surface area contributed by atoms with Crippen LogP contribution in [0.3, 0.4) is 0 Å². The van der Waals surface area contributed by atoms with Crippen molar-refractivity contribution in [2.75, 3.05) is 0 Å². The van der Waals surface area contributed by atoms with E-state index in [4.69, 9.17) is 5.73 Å². The zero-order chi connectivity index (χ0) is 11.5. The van der Waals surface area contributed by atoms with Crippen molar-refractivity contribution in [3.05, 3.63) is 18.2 Å². The molecule has 0 radical (unpaired) electrons. The molecule has 0 atom stereocenters. The number of amides is 1. The predicted octanol–water partition coefficient (Wildman–Crippen LogP) is 0.257. The van der Waals surface area contributed by atoms with Crippen LogP contribution in [0.2, 0.25) is 0 Å². The molecule has 0 fully saturated rings. The highest BCUT2D eigenvalue weighted by molar-refractivity contribution is 5.76. The number of rotatable bonds is 3. The maximum Gasteiger partial charge on any atom is 0.240 e. The van der Waals surface area contributed by atoms with E-state index in [9.17, 15) is 4.79 Å². The van der Waals surface area contributed by atoms with Crippen LogP contribution < -0.4 is 11.1 Å². The molecule has 5 nitrogen and oxygen atoms in total. The van der Waals surface area contributed by atoms with Crippen LogP contribution in [0.1, 0.15) is 26.5 Å². The molecule has 1 aromatic heterocycles. The normalized spacial score (nSPS) is 11.5. The molecule has 0 aliphatic rings. The molecule has 1 rings (SSSR count). The van der Waals surface area contributed by atoms with Crippen molar-refractivity contribution >= 4 is 5.91 Å². The number of carbonyl (C=O) groups excluding carboxylic acids is 1. The number of nitrogens with two attached hydrogens (primary N) is 1. The Morgan fingerprint density at radius 3 is 2.73 bits per heavy atom. The van der Waals surface area contributed by atoms with Gasteiger partial charge >= 0.3 is 0 Å². The molecule has 0 aliphatic heterocycles. The van der Waals surface area contributed by atoms with Crippen molar-refractivity contribution in [2.45, 2.75) is 39.4 Å². The number of imidazole rings is 1. The Morgan fingerprint density at radius 2 is 2.27 bits per heavy atom. The molecule has 84 valence electrons. The highest BCUT2D eigenvalue weighted by atomic mass is 16.2. The average molecular weight is 210 g/mol. The van der Waals surface area contributed by atoms with E-state index in [0.29, 0.717) is 6.54 Å². The summed E-state index contributed by atoms with van der Waals surface area (Å²) in [6.07, 6.45) is 3.40. The highest BCUT2D eigenvalue weighted by Crippen LogP contribution is 2.00. The van der Waals surface area contributed by atoms with Gasteiger partial charge in [-0.3, -0.25) is 4.79 Å². The third-order valence-corrected chi connectivity index (χ3v) is 1.74. The largest absolute Gasteiger partial charge is 0.350 e. The van der Waals surface area contributed by atoms with E-state index in [1.807, 2.05) is 20.8 Å². The Balaban J connectivity index is 2.51. The molecule has 0 spiro atoms. The average Bonchev–Trinajstić information content (AvgIpc) is 2.48. The van der Waals surface area contributed by atoms with Gasteiger partial charge < -0.3 is 15.6 Å². The fourth-order valence-electron chi connectivity index (χ4n) is 1.22. The van der Waals surface area contributed by atoms with Crippen molar-refractivity contribution in [3.63, 3.8) is 0 Å². The van der Waals surface area contributed by atoms with Crippen molar-refractivity contribution in [3.8, 4) is 0 Å². The van der Waals surface area contributed by atoms with Gasteiger partial charge in [-0.05, 0) is 20.8 Å². The second-order valence-corrected chi connectivity index (χ2v) is 4.54. The van der Waals surface area contributed by atoms with Gasteiger partial charge in [0, 0.05) is 18.3 Å². The van der Waals surface area contributed by atoms with Crippen LogP contribution in [0.15, 0.2) is 12.5 Å². The summed E-state index contributed by atoms with van der Waals surface area (Å²) in [4.78, 5) is 15.6. The first kappa shape index (κ1) is 11.7. The molecule has 0 saturated heterocycles. The molecule has 1 aromatic rings. The molecule has 0 bridgehead atoms. The maximum absolute atomic E-state index is 11.5. The number of hydrogen-bond acceptors (Lipinski definition) is 3. The second kappa shape index (κ2) is 4.44. The van der Waals surface area contributed by atoms with Gasteiger partial charge in [-0.2, -0.15) is 0 Å². The van der Waals surface area contributed by atoms with Gasteiger partial charge in [0.15, 0.2) is 0 Å². The lowest BCUT2D eigenvalue weighted by Crippen LogP contribution is -2.42. The minimum absolute atomic E-state index is 0.0246. The summed E-state index contributed by atoms with van der Waals surface area (Å²) in [6, 6.07) is 0. The summed E-state index contributed by atoms with van der Waals surface area (Å²) < 4.78 is 1.73. The standard InChI is InChI=1S/C10H18N4O/c1-10(2,3)13-9(15)6-14-5-8(4-11)12-7-14/h5,7H,4,6,11H2,1-3H3,(H,13,15). The molecule has 3 N–H and O–H groups in total. The molecule has 0 aliphatic carbocycles. The molecule has 5 heteroatoms. The Kier molecular flexibility index (Phi) is 3.47. The van der Waals surface area contributed by atoms with Crippen LogP contribution in [-0.4, -0.2) is 21.0 Å². The SMILES string of the molecule is CC(C)(C)NC(=O)Cn1cnc(CN)c1. The first-order valence-corrected chi connectivity index (χ1v) is 4.92. The zero-order valence-electron chi connectivity index (χ0n) is 9.45. The summed E-state index contributed by atoms with van der Waals surface area (Å²) in [5, 5.41) is 2.88. The summed E-state index contributed by atoms with van der Waals surface area (Å²) in [6.45, 7) is 6.52. The van der Waals surface area contributed by atoms with Crippen LogP contribution in [0.5, 0.6) is 0 Å². The van der Waals surface area contributed by atoms with E-state index in [0.717, 1.165) is 5.69 Å². The number of nitrogens with one attached hydrogen (secondary N) is 1. The minimum Gasteiger partial charge on any atom is -0.350 e. The first-order chi connectivity index (χ1) is 6.90. The third kappa shape index (κ3) is 4.12.